The molecule has 114 valence electrons. The quantitative estimate of drug-likeness (QED) is 0.528. The number of nitrogens with two attached hydrogens (primary N) is 1. The number of unbranched alkanes of at least 4 members (excludes halogenated alkanes) is 1. The fourth-order valence-corrected chi connectivity index (χ4v) is 2.71. The largest absolute Gasteiger partial charge is 0.496 e. The van der Waals surface area contributed by atoms with Gasteiger partial charge in [-0.15, -0.1) is 0 Å². The minimum Gasteiger partial charge on any atom is -0.496 e. The number of hydrogen-bond acceptors (Lipinski definition) is 3. The van der Waals surface area contributed by atoms with Gasteiger partial charge in [0.15, 0.2) is 0 Å². The number of hydrogen-bond donors (Lipinski definition) is 2. The summed E-state index contributed by atoms with van der Waals surface area (Å²) < 4.78 is 5.51. The van der Waals surface area contributed by atoms with Crippen molar-refractivity contribution in [2.24, 2.45) is 11.8 Å². The second-order valence-electron chi connectivity index (χ2n) is 5.62. The zero-order valence-electron chi connectivity index (χ0n) is 13.4. The molecule has 20 heavy (non-hydrogen) atoms. The smallest absolute Gasteiger partial charge is 0.123 e. The van der Waals surface area contributed by atoms with Crippen LogP contribution in [0.25, 0.3) is 0 Å². The molecule has 0 saturated heterocycles. The van der Waals surface area contributed by atoms with Gasteiger partial charge in [0.2, 0.25) is 0 Å². The van der Waals surface area contributed by atoms with Crippen molar-refractivity contribution >= 4 is 0 Å². The molecular weight excluding hydrogens is 248 g/mol. The van der Waals surface area contributed by atoms with Gasteiger partial charge in [0, 0.05) is 11.6 Å². The van der Waals surface area contributed by atoms with Crippen LogP contribution < -0.4 is 16.0 Å². The van der Waals surface area contributed by atoms with E-state index in [2.05, 4.69) is 44.4 Å². The molecule has 0 aromatic heterocycles. The highest BCUT2D eigenvalue weighted by Crippen LogP contribution is 2.32. The number of hydrazine groups is 1. The Morgan fingerprint density at radius 2 is 2.05 bits per heavy atom. The Morgan fingerprint density at radius 3 is 2.60 bits per heavy atom. The van der Waals surface area contributed by atoms with Gasteiger partial charge in [-0.2, -0.15) is 0 Å². The molecule has 0 heterocycles. The third-order valence-corrected chi connectivity index (χ3v) is 4.08. The normalized spacial score (nSPS) is 14.1. The number of rotatable bonds is 9. The van der Waals surface area contributed by atoms with E-state index in [-0.39, 0.29) is 6.04 Å². The minimum absolute atomic E-state index is 0.160. The summed E-state index contributed by atoms with van der Waals surface area (Å²) in [6.45, 7) is 6.59. The van der Waals surface area contributed by atoms with Crippen LogP contribution in [0.1, 0.15) is 63.1 Å². The highest BCUT2D eigenvalue weighted by atomic mass is 16.5. The van der Waals surface area contributed by atoms with E-state index in [0.29, 0.717) is 5.92 Å². The summed E-state index contributed by atoms with van der Waals surface area (Å²) in [7, 11) is 1.72. The number of methoxy groups -OCH3 is 1. The Morgan fingerprint density at radius 1 is 1.30 bits per heavy atom. The molecule has 0 amide bonds. The maximum absolute atomic E-state index is 5.79. The van der Waals surface area contributed by atoms with E-state index in [4.69, 9.17) is 10.6 Å². The first-order valence-electron chi connectivity index (χ1n) is 7.76. The van der Waals surface area contributed by atoms with E-state index < -0.39 is 0 Å². The fourth-order valence-electron chi connectivity index (χ4n) is 2.71. The molecule has 1 aromatic carbocycles. The van der Waals surface area contributed by atoms with Crippen LogP contribution in [0.15, 0.2) is 18.2 Å². The van der Waals surface area contributed by atoms with Crippen LogP contribution >= 0.6 is 0 Å². The predicted molar refractivity (Wildman–Crippen MR) is 85.7 cm³/mol. The summed E-state index contributed by atoms with van der Waals surface area (Å²) in [6, 6.07) is 6.49. The number of benzene rings is 1. The molecule has 3 heteroatoms. The molecule has 0 spiro atoms. The monoisotopic (exact) mass is 278 g/mol. The van der Waals surface area contributed by atoms with E-state index in [1.165, 1.54) is 31.2 Å². The SMILES string of the molecule is CCCCC(CC)CC(NN)c1ccc(C)cc1OC. The van der Waals surface area contributed by atoms with Crippen LogP contribution in [0.5, 0.6) is 5.75 Å². The van der Waals surface area contributed by atoms with Gasteiger partial charge in [0.05, 0.1) is 7.11 Å². The first kappa shape index (κ1) is 17.0. The Hall–Kier alpha value is -1.06. The van der Waals surface area contributed by atoms with Crippen molar-refractivity contribution in [2.45, 2.75) is 58.9 Å². The Kier molecular flexibility index (Phi) is 7.63. The van der Waals surface area contributed by atoms with Gasteiger partial charge in [-0.3, -0.25) is 11.3 Å². The molecule has 0 aliphatic heterocycles. The third-order valence-electron chi connectivity index (χ3n) is 4.08. The lowest BCUT2D eigenvalue weighted by Gasteiger charge is -2.24. The molecule has 0 fully saturated rings. The minimum atomic E-state index is 0.160. The van der Waals surface area contributed by atoms with Crippen molar-refractivity contribution in [1.29, 1.82) is 0 Å². The molecule has 2 unspecified atom stereocenters. The zero-order chi connectivity index (χ0) is 15.0. The zero-order valence-corrected chi connectivity index (χ0v) is 13.4. The van der Waals surface area contributed by atoms with E-state index >= 15 is 0 Å². The first-order valence-corrected chi connectivity index (χ1v) is 7.76. The lowest BCUT2D eigenvalue weighted by atomic mass is 9.89. The molecule has 0 aliphatic carbocycles. The van der Waals surface area contributed by atoms with Crippen molar-refractivity contribution in [3.63, 3.8) is 0 Å². The van der Waals surface area contributed by atoms with Crippen molar-refractivity contribution in [3.8, 4) is 5.75 Å². The Labute approximate surface area is 123 Å². The van der Waals surface area contributed by atoms with Gasteiger partial charge in [-0.25, -0.2) is 0 Å². The summed E-state index contributed by atoms with van der Waals surface area (Å²) in [6.07, 6.45) is 6.09. The van der Waals surface area contributed by atoms with Crippen molar-refractivity contribution in [3.05, 3.63) is 29.3 Å². The maximum atomic E-state index is 5.79. The van der Waals surface area contributed by atoms with Crippen molar-refractivity contribution in [1.82, 2.24) is 5.43 Å². The first-order chi connectivity index (χ1) is 9.65. The van der Waals surface area contributed by atoms with Gasteiger partial charge in [0.1, 0.15) is 5.75 Å². The van der Waals surface area contributed by atoms with Crippen LogP contribution in [0.3, 0.4) is 0 Å². The average molecular weight is 278 g/mol. The topological polar surface area (TPSA) is 47.3 Å². The molecule has 0 radical (unpaired) electrons. The fraction of sp³-hybridized carbons (Fsp3) is 0.647. The van der Waals surface area contributed by atoms with Crippen LogP contribution in [-0.2, 0) is 0 Å². The van der Waals surface area contributed by atoms with Gasteiger partial charge in [-0.1, -0.05) is 51.7 Å². The molecular formula is C17H30N2O. The molecule has 0 bridgehead atoms. The average Bonchev–Trinajstić information content (AvgIpc) is 2.48. The van der Waals surface area contributed by atoms with Crippen LogP contribution in [0.4, 0.5) is 0 Å². The van der Waals surface area contributed by atoms with Crippen LogP contribution in [-0.4, -0.2) is 7.11 Å². The molecule has 3 N–H and O–H groups in total. The van der Waals surface area contributed by atoms with E-state index in [1.807, 2.05) is 0 Å². The van der Waals surface area contributed by atoms with Crippen molar-refractivity contribution in [2.75, 3.05) is 7.11 Å². The van der Waals surface area contributed by atoms with Crippen molar-refractivity contribution < 1.29 is 4.74 Å². The van der Waals surface area contributed by atoms with Gasteiger partial charge in [-0.05, 0) is 30.9 Å². The molecule has 0 saturated carbocycles. The van der Waals surface area contributed by atoms with Gasteiger partial charge in [0.25, 0.3) is 0 Å². The highest BCUT2D eigenvalue weighted by Gasteiger charge is 2.19. The molecule has 2 atom stereocenters. The second-order valence-corrected chi connectivity index (χ2v) is 5.62. The lowest BCUT2D eigenvalue weighted by molar-refractivity contribution is 0.343. The van der Waals surface area contributed by atoms with E-state index in [0.717, 1.165) is 17.7 Å². The standard InChI is InChI=1S/C17H30N2O/c1-5-7-8-14(6-2)12-16(19-18)15-10-9-13(3)11-17(15)20-4/h9-11,14,16,19H,5-8,12,18H2,1-4H3. The summed E-state index contributed by atoms with van der Waals surface area (Å²) in [5, 5.41) is 0. The highest BCUT2D eigenvalue weighted by molar-refractivity contribution is 5.39. The van der Waals surface area contributed by atoms with Crippen LogP contribution in [0.2, 0.25) is 0 Å². The van der Waals surface area contributed by atoms with E-state index in [1.54, 1.807) is 7.11 Å². The molecule has 1 rings (SSSR count). The molecule has 3 nitrogen and oxygen atoms in total. The lowest BCUT2D eigenvalue weighted by Crippen LogP contribution is -2.30. The van der Waals surface area contributed by atoms with Gasteiger partial charge < -0.3 is 4.74 Å². The summed E-state index contributed by atoms with van der Waals surface area (Å²) in [5.74, 6) is 7.43. The number of nitrogens with one attached hydrogen (secondary N) is 1. The predicted octanol–water partition coefficient (Wildman–Crippen LogP) is 4.11. The number of aryl methyl sites for hydroxylation is 1. The Bertz CT molecular complexity index is 393. The van der Waals surface area contributed by atoms with E-state index in [9.17, 15) is 0 Å². The third kappa shape index (κ3) is 4.80. The maximum Gasteiger partial charge on any atom is 0.123 e. The second kappa shape index (κ2) is 8.98. The molecule has 1 aromatic rings. The number of ether oxygens (including phenoxy) is 1. The van der Waals surface area contributed by atoms with Gasteiger partial charge >= 0.3 is 0 Å². The summed E-state index contributed by atoms with van der Waals surface area (Å²) in [5.41, 5.74) is 5.34. The summed E-state index contributed by atoms with van der Waals surface area (Å²) >= 11 is 0. The summed E-state index contributed by atoms with van der Waals surface area (Å²) in [4.78, 5) is 0. The van der Waals surface area contributed by atoms with Crippen LogP contribution in [0, 0.1) is 12.8 Å². The molecule has 0 aliphatic rings. The Balaban J connectivity index is 2.84.